The highest BCUT2D eigenvalue weighted by Gasteiger charge is 2.32. The fourth-order valence-electron chi connectivity index (χ4n) is 3.06. The maximum Gasteiger partial charge on any atom is 0.417 e. The van der Waals surface area contributed by atoms with Crippen LogP contribution in [-0.4, -0.2) is 20.3 Å². The normalized spacial score (nSPS) is 15.4. The second kappa shape index (κ2) is 7.14. The van der Waals surface area contributed by atoms with Crippen molar-refractivity contribution >= 4 is 23.3 Å². The molecule has 0 atom stereocenters. The van der Waals surface area contributed by atoms with Gasteiger partial charge in [-0.05, 0) is 18.9 Å². The first-order chi connectivity index (χ1) is 12.3. The minimum Gasteiger partial charge on any atom is -0.309 e. The third-order valence-corrected chi connectivity index (χ3v) is 4.56. The molecule has 140 valence electrons. The van der Waals surface area contributed by atoms with E-state index in [2.05, 4.69) is 10.4 Å². The Morgan fingerprint density at radius 3 is 2.69 bits per heavy atom. The predicted octanol–water partition coefficient (Wildman–Crippen LogP) is 3.47. The smallest absolute Gasteiger partial charge is 0.309 e. The zero-order chi connectivity index (χ0) is 18.9. The Labute approximate surface area is 151 Å². The van der Waals surface area contributed by atoms with Gasteiger partial charge in [0.1, 0.15) is 17.4 Å². The Bertz CT molecular complexity index is 869. The average Bonchev–Trinajstić information content (AvgIpc) is 3.21. The Hall–Kier alpha value is -2.29. The van der Waals surface area contributed by atoms with Gasteiger partial charge in [0.25, 0.3) is 5.56 Å². The van der Waals surface area contributed by atoms with E-state index >= 15 is 0 Å². The Balaban J connectivity index is 1.78. The molecule has 3 rings (SSSR count). The minimum atomic E-state index is -4.67. The summed E-state index contributed by atoms with van der Waals surface area (Å²) in [5.41, 5.74) is -1.95. The topological polar surface area (TPSA) is 68.9 Å². The lowest BCUT2D eigenvalue weighted by molar-refractivity contribution is -0.138. The molecule has 2 heterocycles. The summed E-state index contributed by atoms with van der Waals surface area (Å²) in [6.45, 7) is -0.585. The highest BCUT2D eigenvalue weighted by molar-refractivity contribution is 6.30. The number of alkyl halides is 3. The molecule has 1 N–H and O–H groups in total. The maximum atomic E-state index is 12.9. The van der Waals surface area contributed by atoms with Gasteiger partial charge in [0.15, 0.2) is 0 Å². The van der Waals surface area contributed by atoms with E-state index in [4.69, 9.17) is 11.6 Å². The van der Waals surface area contributed by atoms with Crippen LogP contribution in [0.4, 0.5) is 19.0 Å². The summed E-state index contributed by atoms with van der Waals surface area (Å²) in [7, 11) is 0. The average molecular weight is 389 g/mol. The highest BCUT2D eigenvalue weighted by atomic mass is 35.5. The number of amides is 1. The van der Waals surface area contributed by atoms with Gasteiger partial charge in [-0.3, -0.25) is 9.59 Å². The Morgan fingerprint density at radius 2 is 2.04 bits per heavy atom. The van der Waals surface area contributed by atoms with Crippen LogP contribution in [0.25, 0.3) is 0 Å². The van der Waals surface area contributed by atoms with Crippen molar-refractivity contribution in [3.8, 4) is 0 Å². The molecule has 1 amide bonds. The Morgan fingerprint density at radius 1 is 1.35 bits per heavy atom. The van der Waals surface area contributed by atoms with E-state index in [0.29, 0.717) is 22.6 Å². The summed E-state index contributed by atoms with van der Waals surface area (Å²) in [6, 6.07) is 2.34. The maximum absolute atomic E-state index is 12.9. The van der Waals surface area contributed by atoms with Crippen molar-refractivity contribution < 1.29 is 18.0 Å². The molecule has 0 bridgehead atoms. The van der Waals surface area contributed by atoms with Crippen molar-refractivity contribution in [2.45, 2.75) is 44.4 Å². The van der Waals surface area contributed by atoms with Crippen LogP contribution in [0.3, 0.4) is 0 Å². The molecule has 26 heavy (non-hydrogen) atoms. The second-order valence-corrected chi connectivity index (χ2v) is 6.56. The van der Waals surface area contributed by atoms with Gasteiger partial charge in [-0.25, -0.2) is 4.68 Å². The summed E-state index contributed by atoms with van der Waals surface area (Å²) in [6.07, 6.45) is 1.52. The summed E-state index contributed by atoms with van der Waals surface area (Å²) in [5.74, 6) is -0.185. The van der Waals surface area contributed by atoms with Crippen molar-refractivity contribution in [2.75, 3.05) is 5.32 Å². The van der Waals surface area contributed by atoms with Crippen molar-refractivity contribution in [1.82, 2.24) is 14.3 Å². The lowest BCUT2D eigenvalue weighted by Crippen LogP contribution is -2.29. The molecule has 2 aromatic heterocycles. The number of hydrogen-bond donors (Lipinski definition) is 1. The van der Waals surface area contributed by atoms with Crippen LogP contribution in [0.1, 0.15) is 37.3 Å². The molecule has 2 aromatic rings. The number of halogens is 4. The van der Waals surface area contributed by atoms with Crippen LogP contribution in [0.2, 0.25) is 5.02 Å². The number of hydrogen-bond acceptors (Lipinski definition) is 3. The number of nitrogens with one attached hydrogen (secondary N) is 1. The lowest BCUT2D eigenvalue weighted by atomic mass is 10.2. The molecule has 0 radical (unpaired) electrons. The molecule has 0 unspecified atom stereocenters. The second-order valence-electron chi connectivity index (χ2n) is 6.16. The van der Waals surface area contributed by atoms with Gasteiger partial charge in [0.05, 0.1) is 17.8 Å². The van der Waals surface area contributed by atoms with E-state index in [1.807, 2.05) is 0 Å². The van der Waals surface area contributed by atoms with Gasteiger partial charge < -0.3 is 9.88 Å². The van der Waals surface area contributed by atoms with Gasteiger partial charge in [-0.15, -0.1) is 0 Å². The third kappa shape index (κ3) is 3.92. The summed E-state index contributed by atoms with van der Waals surface area (Å²) in [4.78, 5) is 24.2. The minimum absolute atomic E-state index is 0.186. The fraction of sp³-hybridized carbons (Fsp3) is 0.438. The molecule has 1 saturated carbocycles. The first kappa shape index (κ1) is 18.5. The number of rotatable bonds is 4. The van der Waals surface area contributed by atoms with E-state index in [1.54, 1.807) is 16.9 Å². The van der Waals surface area contributed by atoms with E-state index in [0.717, 1.165) is 25.7 Å². The number of anilines is 1. The molecule has 10 heteroatoms. The van der Waals surface area contributed by atoms with Gasteiger partial charge in [0, 0.05) is 12.3 Å². The predicted molar refractivity (Wildman–Crippen MR) is 89.1 cm³/mol. The lowest BCUT2D eigenvalue weighted by Gasteiger charge is -2.15. The first-order valence-electron chi connectivity index (χ1n) is 8.06. The van der Waals surface area contributed by atoms with Gasteiger partial charge >= 0.3 is 6.18 Å². The van der Waals surface area contributed by atoms with Crippen LogP contribution in [-0.2, 0) is 17.5 Å². The van der Waals surface area contributed by atoms with Crippen LogP contribution in [0.15, 0.2) is 29.3 Å². The molecule has 0 aromatic carbocycles. The Kier molecular flexibility index (Phi) is 5.08. The van der Waals surface area contributed by atoms with Gasteiger partial charge in [-0.1, -0.05) is 24.4 Å². The van der Waals surface area contributed by atoms with Crippen molar-refractivity contribution in [3.05, 3.63) is 45.5 Å². The molecular formula is C16H16ClF3N4O2. The van der Waals surface area contributed by atoms with Crippen LogP contribution in [0.5, 0.6) is 0 Å². The largest absolute Gasteiger partial charge is 0.417 e. The van der Waals surface area contributed by atoms with Crippen molar-refractivity contribution in [3.63, 3.8) is 0 Å². The SMILES string of the molecule is O=C(Cn1cc(C(F)(F)F)cc(Cl)c1=O)Nc1ccnn1C1CCCC1. The number of carbonyl (C=O) groups excluding carboxylic acids is 1. The first-order valence-corrected chi connectivity index (χ1v) is 8.44. The number of pyridine rings is 1. The van der Waals surface area contributed by atoms with Gasteiger partial charge in [-0.2, -0.15) is 18.3 Å². The number of aromatic nitrogens is 3. The summed E-state index contributed by atoms with van der Waals surface area (Å²) < 4.78 is 40.9. The zero-order valence-corrected chi connectivity index (χ0v) is 14.3. The van der Waals surface area contributed by atoms with Crippen LogP contribution in [0, 0.1) is 0 Å². The molecule has 1 aliphatic carbocycles. The number of nitrogens with zero attached hydrogens (tertiary/aromatic N) is 3. The molecule has 0 aliphatic heterocycles. The van der Waals surface area contributed by atoms with Crippen molar-refractivity contribution in [1.29, 1.82) is 0 Å². The molecular weight excluding hydrogens is 373 g/mol. The van der Waals surface area contributed by atoms with Crippen molar-refractivity contribution in [2.24, 2.45) is 0 Å². The number of carbonyl (C=O) groups is 1. The molecule has 1 fully saturated rings. The van der Waals surface area contributed by atoms with E-state index in [-0.39, 0.29) is 6.04 Å². The molecule has 1 aliphatic rings. The van der Waals surface area contributed by atoms with Crippen LogP contribution < -0.4 is 10.9 Å². The standard InChI is InChI=1S/C16H16ClF3N4O2/c17-12-7-10(16(18,19)20)8-23(15(12)26)9-14(25)22-13-5-6-21-24(13)11-3-1-2-4-11/h5-8,11H,1-4,9H2,(H,22,25). The molecule has 0 spiro atoms. The summed E-state index contributed by atoms with van der Waals surface area (Å²) in [5, 5.41) is 6.20. The monoisotopic (exact) mass is 388 g/mol. The zero-order valence-electron chi connectivity index (χ0n) is 13.6. The summed E-state index contributed by atoms with van der Waals surface area (Å²) >= 11 is 5.58. The molecule has 6 nitrogen and oxygen atoms in total. The molecule has 0 saturated heterocycles. The quantitative estimate of drug-likeness (QED) is 0.872. The fourth-order valence-corrected chi connectivity index (χ4v) is 3.29. The van der Waals surface area contributed by atoms with Gasteiger partial charge in [0.2, 0.25) is 5.91 Å². The van der Waals surface area contributed by atoms with E-state index in [1.165, 1.54) is 0 Å². The van der Waals surface area contributed by atoms with E-state index in [9.17, 15) is 22.8 Å². The third-order valence-electron chi connectivity index (χ3n) is 4.29. The van der Waals surface area contributed by atoms with E-state index < -0.39 is 34.8 Å². The van der Waals surface area contributed by atoms with Crippen LogP contribution >= 0.6 is 11.6 Å². The highest BCUT2D eigenvalue weighted by Crippen LogP contribution is 2.31.